The Morgan fingerprint density at radius 1 is 0.375 bits per heavy atom. The molecule has 8 heteroatoms. The summed E-state index contributed by atoms with van der Waals surface area (Å²) >= 11 is 7.10. The molecule has 350 valence electrons. The van der Waals surface area contributed by atoms with Crippen LogP contribution >= 0.6 is 45.3 Å². The van der Waals surface area contributed by atoms with E-state index in [9.17, 15) is 0 Å². The Balaban J connectivity index is 1.33. The molecule has 6 rings (SSSR count). The summed E-state index contributed by atoms with van der Waals surface area (Å²) in [6.45, 7) is 14.8. The number of carbonyl (C=O) groups excluding carboxylic acids is 2. The highest BCUT2D eigenvalue weighted by Crippen LogP contribution is 2.51. The predicted molar refractivity (Wildman–Crippen MR) is 282 cm³/mol. The van der Waals surface area contributed by atoms with Crippen LogP contribution in [0.4, 0.5) is 0 Å². The van der Waals surface area contributed by atoms with Gasteiger partial charge in [0.25, 0.3) is 11.8 Å². The first-order chi connectivity index (χ1) is 31.3. The molecule has 64 heavy (non-hydrogen) atoms. The van der Waals surface area contributed by atoms with Crippen LogP contribution in [0.2, 0.25) is 0 Å². The minimum Gasteiger partial charge on any atom is -0.306 e. The monoisotopic (exact) mass is 941 g/mol. The van der Waals surface area contributed by atoms with Crippen LogP contribution in [0.1, 0.15) is 201 Å². The van der Waals surface area contributed by atoms with Crippen molar-refractivity contribution in [1.82, 2.24) is 9.80 Å². The maximum atomic E-state index is 15.4. The molecule has 4 aromatic rings. The average molecular weight is 942 g/mol. The number of thiophene rings is 4. The van der Waals surface area contributed by atoms with Gasteiger partial charge in [0.15, 0.2) is 0 Å². The molecule has 0 aromatic carbocycles. The molecule has 0 fully saturated rings. The first kappa shape index (κ1) is 50.6. The number of fused-ring (bicyclic) bond motifs is 1. The lowest BCUT2D eigenvalue weighted by Crippen LogP contribution is -2.31. The minimum absolute atomic E-state index is 0.0202. The summed E-state index contributed by atoms with van der Waals surface area (Å²) in [4.78, 5) is 44.3. The van der Waals surface area contributed by atoms with E-state index in [0.29, 0.717) is 36.1 Å². The van der Waals surface area contributed by atoms with Crippen molar-refractivity contribution in [1.29, 1.82) is 0 Å². The van der Waals surface area contributed by atoms with Crippen LogP contribution in [-0.2, 0) is 9.59 Å². The molecule has 0 spiro atoms. The Hall–Kier alpha value is -2.78. The Kier molecular flexibility index (Phi) is 21.0. The van der Waals surface area contributed by atoms with Crippen molar-refractivity contribution in [3.8, 4) is 19.5 Å². The van der Waals surface area contributed by atoms with E-state index < -0.39 is 0 Å². The fourth-order valence-electron chi connectivity index (χ4n) is 10.0. The number of carbonyl (C=O) groups is 2. The van der Waals surface area contributed by atoms with Crippen LogP contribution in [0.25, 0.3) is 30.9 Å². The lowest BCUT2D eigenvalue weighted by Gasteiger charge is -2.26. The number of unbranched alkanes of at least 4 members (excludes halogenated alkanes) is 12. The molecule has 0 atom stereocenters. The molecule has 0 radical (unpaired) electrons. The first-order valence-corrected chi connectivity index (χ1v) is 29.0. The van der Waals surface area contributed by atoms with Gasteiger partial charge in [0.2, 0.25) is 0 Å². The molecule has 0 N–H and O–H groups in total. The van der Waals surface area contributed by atoms with Crippen LogP contribution in [-0.4, -0.2) is 34.7 Å². The van der Waals surface area contributed by atoms with Crippen molar-refractivity contribution < 1.29 is 9.59 Å². The van der Waals surface area contributed by atoms with E-state index in [1.807, 2.05) is 32.5 Å². The minimum atomic E-state index is 0.0202. The molecule has 4 nitrogen and oxygen atoms in total. The number of nitrogens with zero attached hydrogens (tertiary/aromatic N) is 2. The largest absolute Gasteiger partial charge is 0.306 e. The summed E-state index contributed by atoms with van der Waals surface area (Å²) < 4.78 is 0. The van der Waals surface area contributed by atoms with Crippen molar-refractivity contribution in [3.05, 3.63) is 79.2 Å². The van der Waals surface area contributed by atoms with E-state index in [2.05, 4.69) is 90.1 Å². The molecular weight excluding hydrogens is 861 g/mol. The standard InChI is InChI=1S/C56H80N2O2S4/c1-7-11-15-19-25-43(26-20-16-12-8-2)29-23-39-57-53(49-37-35-47(63-49)45-33-31-41(5)61-45)51-52(55(57)59)54(50-38-36-48(64-50)46-34-32-42(6)62-46)58(56(51)60)40-24-30-44(27-21-17-13-9-3)28-22-18-14-10-4/h31-38,43-44H,7-30,39-40H2,1-6H3. The zero-order valence-electron chi connectivity index (χ0n) is 40.5. The van der Waals surface area contributed by atoms with Gasteiger partial charge in [0.1, 0.15) is 0 Å². The van der Waals surface area contributed by atoms with E-state index in [0.717, 1.165) is 46.8 Å². The lowest BCUT2D eigenvalue weighted by molar-refractivity contribution is -0.124. The molecule has 2 amide bonds. The summed E-state index contributed by atoms with van der Waals surface area (Å²) in [7, 11) is 0. The van der Waals surface area contributed by atoms with Crippen molar-refractivity contribution in [3.63, 3.8) is 0 Å². The van der Waals surface area contributed by atoms with Crippen molar-refractivity contribution in [2.75, 3.05) is 13.1 Å². The predicted octanol–water partition coefficient (Wildman–Crippen LogP) is 18.4. The Bertz CT molecular complexity index is 1940. The molecule has 4 aromatic heterocycles. The van der Waals surface area contributed by atoms with Crippen LogP contribution in [0.3, 0.4) is 0 Å². The van der Waals surface area contributed by atoms with E-state index in [4.69, 9.17) is 0 Å². The highest BCUT2D eigenvalue weighted by Gasteiger charge is 2.49. The average Bonchev–Trinajstić information content (AvgIpc) is 4.17. The molecule has 0 aliphatic carbocycles. The molecule has 2 aliphatic rings. The maximum Gasteiger partial charge on any atom is 0.261 e. The second kappa shape index (κ2) is 26.5. The fourth-order valence-corrected chi connectivity index (χ4v) is 14.1. The fraction of sp³-hybridized carbons (Fsp3) is 0.607. The zero-order valence-corrected chi connectivity index (χ0v) is 43.8. The Morgan fingerprint density at radius 2 is 0.672 bits per heavy atom. The van der Waals surface area contributed by atoms with Crippen molar-refractivity contribution >= 4 is 68.6 Å². The number of hydrogen-bond donors (Lipinski definition) is 0. The molecular formula is C56H80N2O2S4. The second-order valence-corrected chi connectivity index (χ2v) is 23.7. The van der Waals surface area contributed by atoms with Crippen molar-refractivity contribution in [2.24, 2.45) is 11.8 Å². The second-order valence-electron chi connectivity index (χ2n) is 18.9. The van der Waals surface area contributed by atoms with Gasteiger partial charge >= 0.3 is 0 Å². The van der Waals surface area contributed by atoms with Gasteiger partial charge in [-0.1, -0.05) is 156 Å². The summed E-state index contributed by atoms with van der Waals surface area (Å²) in [5.41, 5.74) is 2.99. The smallest absolute Gasteiger partial charge is 0.261 e. The highest BCUT2D eigenvalue weighted by atomic mass is 32.1. The SMILES string of the molecule is CCCCCCC(CCCCCC)CCCN1C(=O)C2=C(c3ccc(-c4ccc(C)s4)s3)N(CCCC(CCCCCC)CCCCCC)C(=O)C2=C1c1ccc(-c2ccc(C)s2)s1. The maximum absolute atomic E-state index is 15.4. The summed E-state index contributed by atoms with van der Waals surface area (Å²) in [6.07, 6.45) is 30.1. The third-order valence-electron chi connectivity index (χ3n) is 13.7. The van der Waals surface area contributed by atoms with Gasteiger partial charge in [-0.25, -0.2) is 0 Å². The van der Waals surface area contributed by atoms with E-state index in [1.54, 1.807) is 22.7 Å². The van der Waals surface area contributed by atoms with Gasteiger partial charge in [-0.2, -0.15) is 0 Å². The van der Waals surface area contributed by atoms with E-state index >= 15 is 9.59 Å². The van der Waals surface area contributed by atoms with Gasteiger partial charge in [0.05, 0.1) is 32.3 Å². The highest BCUT2D eigenvalue weighted by molar-refractivity contribution is 7.23. The number of amides is 2. The van der Waals surface area contributed by atoms with Gasteiger partial charge in [0, 0.05) is 42.4 Å². The van der Waals surface area contributed by atoms with Gasteiger partial charge in [-0.15, -0.1) is 45.3 Å². The Labute approximate surface area is 404 Å². The topological polar surface area (TPSA) is 40.6 Å². The Morgan fingerprint density at radius 3 is 0.984 bits per heavy atom. The van der Waals surface area contributed by atoms with Crippen molar-refractivity contribution in [2.45, 2.75) is 196 Å². The van der Waals surface area contributed by atoms with Crippen LogP contribution in [0.5, 0.6) is 0 Å². The molecule has 6 heterocycles. The number of aryl methyl sites for hydroxylation is 2. The quantitative estimate of drug-likeness (QED) is 0.0458. The third-order valence-corrected chi connectivity index (χ3v) is 18.3. The van der Waals surface area contributed by atoms with Crippen LogP contribution < -0.4 is 0 Å². The summed E-state index contributed by atoms with van der Waals surface area (Å²) in [5.74, 6) is 1.42. The zero-order chi connectivity index (χ0) is 45.3. The van der Waals surface area contributed by atoms with E-state index in [-0.39, 0.29) is 11.8 Å². The van der Waals surface area contributed by atoms with Gasteiger partial charge in [-0.3, -0.25) is 9.59 Å². The van der Waals surface area contributed by atoms with Gasteiger partial charge < -0.3 is 9.80 Å². The van der Waals surface area contributed by atoms with Crippen LogP contribution in [0.15, 0.2) is 59.7 Å². The number of rotatable bonds is 32. The normalized spacial score (nSPS) is 14.3. The molecule has 0 saturated heterocycles. The molecule has 0 unspecified atom stereocenters. The van der Waals surface area contributed by atoms with E-state index in [1.165, 1.54) is 158 Å². The molecule has 0 saturated carbocycles. The third kappa shape index (κ3) is 13.7. The van der Waals surface area contributed by atoms with Gasteiger partial charge in [-0.05, 0) is 99.9 Å². The van der Waals surface area contributed by atoms with Crippen LogP contribution in [0, 0.1) is 25.7 Å². The first-order valence-electron chi connectivity index (χ1n) is 25.7. The summed E-state index contributed by atoms with van der Waals surface area (Å²) in [6, 6.07) is 17.6. The molecule has 0 bridgehead atoms. The lowest BCUT2D eigenvalue weighted by atomic mass is 9.90. The number of hydrogen-bond acceptors (Lipinski definition) is 6. The molecule has 2 aliphatic heterocycles. The summed E-state index contributed by atoms with van der Waals surface area (Å²) in [5, 5.41) is 0.